The third kappa shape index (κ3) is 7.39. The third-order valence-corrected chi connectivity index (χ3v) is 2.74. The lowest BCUT2D eigenvalue weighted by molar-refractivity contribution is -0.143. The molecule has 19 heavy (non-hydrogen) atoms. The molecule has 0 aromatic heterocycles. The summed E-state index contributed by atoms with van der Waals surface area (Å²) in [5, 5.41) is 0. The molecule has 1 aromatic carbocycles. The number of esters is 1. The van der Waals surface area contributed by atoms with E-state index >= 15 is 0 Å². The summed E-state index contributed by atoms with van der Waals surface area (Å²) < 4.78 is 18.2. The fourth-order valence-corrected chi connectivity index (χ4v) is 1.78. The molecule has 0 amide bonds. The minimum Gasteiger partial charge on any atom is -0.466 e. The Hall–Kier alpha value is -1.64. The van der Waals surface area contributed by atoms with Crippen LogP contribution in [-0.2, 0) is 16.0 Å². The Morgan fingerprint density at radius 2 is 2.00 bits per heavy atom. The van der Waals surface area contributed by atoms with Gasteiger partial charge in [-0.1, -0.05) is 36.4 Å². The van der Waals surface area contributed by atoms with Crippen LogP contribution in [0.2, 0.25) is 0 Å². The van der Waals surface area contributed by atoms with Crippen LogP contribution in [0.15, 0.2) is 42.2 Å². The average molecular weight is 264 g/mol. The van der Waals surface area contributed by atoms with E-state index in [2.05, 4.69) is 0 Å². The SMILES string of the molecule is CCOC(=O)CCC/C(F)=C/CCc1ccccc1. The van der Waals surface area contributed by atoms with Crippen molar-refractivity contribution in [2.45, 2.75) is 39.0 Å². The summed E-state index contributed by atoms with van der Waals surface area (Å²) in [6.45, 7) is 2.15. The normalized spacial score (nSPS) is 11.4. The fraction of sp³-hybridized carbons (Fsp3) is 0.438. The van der Waals surface area contributed by atoms with Crippen molar-refractivity contribution in [3.63, 3.8) is 0 Å². The van der Waals surface area contributed by atoms with E-state index < -0.39 is 0 Å². The van der Waals surface area contributed by atoms with Crippen molar-refractivity contribution in [1.82, 2.24) is 0 Å². The van der Waals surface area contributed by atoms with E-state index in [1.165, 1.54) is 5.56 Å². The highest BCUT2D eigenvalue weighted by molar-refractivity contribution is 5.69. The van der Waals surface area contributed by atoms with Crippen molar-refractivity contribution in [2.75, 3.05) is 6.61 Å². The van der Waals surface area contributed by atoms with Gasteiger partial charge in [-0.2, -0.15) is 0 Å². The summed E-state index contributed by atoms with van der Waals surface area (Å²) in [6.07, 6.45) is 4.24. The molecular weight excluding hydrogens is 243 g/mol. The molecule has 0 saturated carbocycles. The van der Waals surface area contributed by atoms with Gasteiger partial charge in [0.05, 0.1) is 12.4 Å². The van der Waals surface area contributed by atoms with Crippen LogP contribution >= 0.6 is 0 Å². The maximum absolute atomic E-state index is 13.5. The van der Waals surface area contributed by atoms with Crippen LogP contribution in [0.5, 0.6) is 0 Å². The summed E-state index contributed by atoms with van der Waals surface area (Å²) in [6, 6.07) is 10.00. The van der Waals surface area contributed by atoms with Crippen LogP contribution in [-0.4, -0.2) is 12.6 Å². The standard InChI is InChI=1S/C16H21FO2/c1-2-19-16(18)13-7-12-15(17)11-6-10-14-8-4-3-5-9-14/h3-5,8-9,11H,2,6-7,10,12-13H2,1H3/b15-11-. The number of benzene rings is 1. The Balaban J connectivity index is 2.17. The predicted molar refractivity (Wildman–Crippen MR) is 74.4 cm³/mol. The minimum atomic E-state index is -0.250. The molecule has 1 aromatic rings. The Kier molecular flexibility index (Phi) is 7.56. The quantitative estimate of drug-likeness (QED) is 0.657. The van der Waals surface area contributed by atoms with E-state index in [9.17, 15) is 9.18 Å². The highest BCUT2D eigenvalue weighted by atomic mass is 19.1. The van der Waals surface area contributed by atoms with Gasteiger partial charge in [0.15, 0.2) is 0 Å². The fourth-order valence-electron chi connectivity index (χ4n) is 1.78. The average Bonchev–Trinajstić information content (AvgIpc) is 2.40. The molecule has 0 spiro atoms. The van der Waals surface area contributed by atoms with Crippen molar-refractivity contribution in [3.8, 4) is 0 Å². The molecule has 0 fully saturated rings. The number of ether oxygens (including phenoxy) is 1. The van der Waals surface area contributed by atoms with Gasteiger partial charge in [0.2, 0.25) is 0 Å². The second-order valence-corrected chi connectivity index (χ2v) is 4.33. The molecule has 1 rings (SSSR count). The first-order chi connectivity index (χ1) is 9.22. The maximum Gasteiger partial charge on any atom is 0.305 e. The van der Waals surface area contributed by atoms with E-state index in [1.807, 2.05) is 30.3 Å². The van der Waals surface area contributed by atoms with Crippen LogP contribution in [0.4, 0.5) is 4.39 Å². The van der Waals surface area contributed by atoms with E-state index in [0.717, 1.165) is 6.42 Å². The molecule has 0 atom stereocenters. The van der Waals surface area contributed by atoms with Crippen molar-refractivity contribution in [1.29, 1.82) is 0 Å². The van der Waals surface area contributed by atoms with Crippen LogP contribution in [0.25, 0.3) is 0 Å². The van der Waals surface area contributed by atoms with Crippen molar-refractivity contribution < 1.29 is 13.9 Å². The van der Waals surface area contributed by atoms with Gasteiger partial charge >= 0.3 is 5.97 Å². The Morgan fingerprint density at radius 1 is 1.26 bits per heavy atom. The van der Waals surface area contributed by atoms with Crippen molar-refractivity contribution in [2.24, 2.45) is 0 Å². The number of hydrogen-bond acceptors (Lipinski definition) is 2. The number of carbonyl (C=O) groups is 1. The zero-order valence-corrected chi connectivity index (χ0v) is 11.4. The molecule has 0 N–H and O–H groups in total. The molecule has 0 saturated heterocycles. The smallest absolute Gasteiger partial charge is 0.305 e. The Labute approximate surface area is 114 Å². The van der Waals surface area contributed by atoms with Gasteiger partial charge in [0, 0.05) is 6.42 Å². The lowest BCUT2D eigenvalue weighted by Crippen LogP contribution is -2.03. The summed E-state index contributed by atoms with van der Waals surface area (Å²) in [5.41, 5.74) is 1.21. The highest BCUT2D eigenvalue weighted by Gasteiger charge is 2.02. The van der Waals surface area contributed by atoms with Crippen LogP contribution < -0.4 is 0 Å². The molecule has 0 unspecified atom stereocenters. The van der Waals surface area contributed by atoms with Crippen LogP contribution in [0, 0.1) is 0 Å². The van der Waals surface area contributed by atoms with Crippen molar-refractivity contribution >= 4 is 5.97 Å². The second-order valence-electron chi connectivity index (χ2n) is 4.33. The minimum absolute atomic E-state index is 0.139. The van der Waals surface area contributed by atoms with Crippen molar-refractivity contribution in [3.05, 3.63) is 47.8 Å². The lowest BCUT2D eigenvalue weighted by Gasteiger charge is -2.01. The largest absolute Gasteiger partial charge is 0.466 e. The molecule has 2 nitrogen and oxygen atoms in total. The lowest BCUT2D eigenvalue weighted by atomic mass is 10.1. The third-order valence-electron chi connectivity index (χ3n) is 2.74. The second kappa shape index (κ2) is 9.31. The van der Waals surface area contributed by atoms with Crippen LogP contribution in [0.1, 0.15) is 38.2 Å². The Morgan fingerprint density at radius 3 is 2.68 bits per heavy atom. The van der Waals surface area contributed by atoms with Gasteiger partial charge in [-0.15, -0.1) is 0 Å². The molecule has 0 heterocycles. The zero-order chi connectivity index (χ0) is 13.9. The van der Waals surface area contributed by atoms with Gasteiger partial charge in [0.1, 0.15) is 0 Å². The number of carbonyl (C=O) groups excluding carboxylic acids is 1. The monoisotopic (exact) mass is 264 g/mol. The summed E-state index contributed by atoms with van der Waals surface area (Å²) in [4.78, 5) is 11.1. The molecule has 104 valence electrons. The summed E-state index contributed by atoms with van der Waals surface area (Å²) in [5.74, 6) is -0.389. The maximum atomic E-state index is 13.5. The molecule has 0 aliphatic rings. The number of hydrogen-bond donors (Lipinski definition) is 0. The molecule has 3 heteroatoms. The molecule has 0 aliphatic heterocycles. The number of rotatable bonds is 8. The highest BCUT2D eigenvalue weighted by Crippen LogP contribution is 2.12. The van der Waals surface area contributed by atoms with E-state index in [-0.39, 0.29) is 18.2 Å². The van der Waals surface area contributed by atoms with Gasteiger partial charge in [-0.3, -0.25) is 4.79 Å². The first-order valence-corrected chi connectivity index (χ1v) is 6.76. The molecule has 0 aliphatic carbocycles. The number of halogens is 1. The molecule has 0 radical (unpaired) electrons. The predicted octanol–water partition coefficient (Wildman–Crippen LogP) is 4.21. The molecular formula is C16H21FO2. The first-order valence-electron chi connectivity index (χ1n) is 6.76. The van der Waals surface area contributed by atoms with Gasteiger partial charge in [-0.05, 0) is 38.2 Å². The topological polar surface area (TPSA) is 26.3 Å². The van der Waals surface area contributed by atoms with Gasteiger partial charge < -0.3 is 4.74 Å². The zero-order valence-electron chi connectivity index (χ0n) is 11.4. The van der Waals surface area contributed by atoms with E-state index in [4.69, 9.17) is 4.74 Å². The first kappa shape index (κ1) is 15.4. The van der Waals surface area contributed by atoms with E-state index in [1.54, 1.807) is 13.0 Å². The number of aryl methyl sites for hydroxylation is 1. The number of allylic oxidation sites excluding steroid dienone is 2. The Bertz CT molecular complexity index is 398. The van der Waals surface area contributed by atoms with Crippen LogP contribution in [0.3, 0.4) is 0 Å². The van der Waals surface area contributed by atoms with E-state index in [0.29, 0.717) is 25.9 Å². The van der Waals surface area contributed by atoms with Gasteiger partial charge in [0.25, 0.3) is 0 Å². The summed E-state index contributed by atoms with van der Waals surface area (Å²) in [7, 11) is 0. The molecule has 0 bridgehead atoms. The summed E-state index contributed by atoms with van der Waals surface area (Å²) >= 11 is 0. The van der Waals surface area contributed by atoms with Gasteiger partial charge in [-0.25, -0.2) is 4.39 Å².